The molecule has 1 aliphatic rings. The summed E-state index contributed by atoms with van der Waals surface area (Å²) in [5.74, 6) is -0.878. The van der Waals surface area contributed by atoms with E-state index >= 15 is 0 Å². The van der Waals surface area contributed by atoms with Crippen LogP contribution in [0.1, 0.15) is 32.6 Å². The molecule has 0 aromatic heterocycles. The van der Waals surface area contributed by atoms with Gasteiger partial charge in [-0.3, -0.25) is 4.79 Å². The van der Waals surface area contributed by atoms with Crippen molar-refractivity contribution in [3.8, 4) is 0 Å². The molecular weight excluding hydrogens is 256 g/mol. The summed E-state index contributed by atoms with van der Waals surface area (Å²) in [4.78, 5) is 10.8. The predicted molar refractivity (Wildman–Crippen MR) is 68.8 cm³/mol. The smallest absolute Gasteiger partial charge is 0.306 e. The number of hydrogen-bond donors (Lipinski definition) is 3. The Morgan fingerprint density at radius 1 is 1.28 bits per heavy atom. The summed E-state index contributed by atoms with van der Waals surface area (Å²) in [5, 5.41) is 12.0. The molecule has 0 saturated heterocycles. The molecule has 0 aromatic rings. The summed E-state index contributed by atoms with van der Waals surface area (Å²) in [6.07, 6.45) is 2.95. The molecule has 0 amide bonds. The zero-order chi connectivity index (χ0) is 13.6. The molecule has 18 heavy (non-hydrogen) atoms. The van der Waals surface area contributed by atoms with Crippen LogP contribution in [-0.2, 0) is 14.8 Å². The van der Waals surface area contributed by atoms with Crippen LogP contribution in [0.5, 0.6) is 0 Å². The highest BCUT2D eigenvalue weighted by atomic mass is 32.2. The maximum absolute atomic E-state index is 11.4. The van der Waals surface area contributed by atoms with Gasteiger partial charge in [0.05, 0.1) is 11.7 Å². The van der Waals surface area contributed by atoms with Crippen molar-refractivity contribution < 1.29 is 18.3 Å². The van der Waals surface area contributed by atoms with Crippen LogP contribution in [0, 0.1) is 5.92 Å². The van der Waals surface area contributed by atoms with Crippen molar-refractivity contribution in [1.82, 2.24) is 10.0 Å². The van der Waals surface area contributed by atoms with Crippen LogP contribution < -0.4 is 10.0 Å². The molecule has 0 aliphatic heterocycles. The fourth-order valence-electron chi connectivity index (χ4n) is 2.23. The molecule has 0 unspecified atom stereocenters. The Labute approximate surface area is 108 Å². The number of carboxylic acids is 1. The van der Waals surface area contributed by atoms with E-state index in [4.69, 9.17) is 5.11 Å². The number of sulfonamides is 1. The molecule has 0 spiro atoms. The lowest BCUT2D eigenvalue weighted by Crippen LogP contribution is -2.39. The normalized spacial score (nSPS) is 24.9. The molecular formula is C11H22N2O4S. The molecule has 1 saturated carbocycles. The standard InChI is InChI=1S/C11H22N2O4S/c1-2-13-18(16,17)8-7-12-10-5-3-9(4-6-10)11(14)15/h9-10,12-13H,2-8H2,1H3,(H,14,15). The monoisotopic (exact) mass is 278 g/mol. The van der Waals surface area contributed by atoms with E-state index in [1.54, 1.807) is 6.92 Å². The van der Waals surface area contributed by atoms with Crippen molar-refractivity contribution in [2.75, 3.05) is 18.8 Å². The van der Waals surface area contributed by atoms with Crippen LogP contribution >= 0.6 is 0 Å². The van der Waals surface area contributed by atoms with Crippen molar-refractivity contribution in [1.29, 1.82) is 0 Å². The first-order valence-corrected chi connectivity index (χ1v) is 8.03. The van der Waals surface area contributed by atoms with E-state index in [9.17, 15) is 13.2 Å². The van der Waals surface area contributed by atoms with E-state index in [1.165, 1.54) is 0 Å². The number of rotatable bonds is 7. The Balaban J connectivity index is 2.20. The first kappa shape index (κ1) is 15.4. The third-order valence-electron chi connectivity index (χ3n) is 3.24. The van der Waals surface area contributed by atoms with E-state index in [2.05, 4.69) is 10.0 Å². The van der Waals surface area contributed by atoms with Gasteiger partial charge in [0.2, 0.25) is 10.0 Å². The summed E-state index contributed by atoms with van der Waals surface area (Å²) >= 11 is 0. The van der Waals surface area contributed by atoms with Gasteiger partial charge in [0, 0.05) is 19.1 Å². The van der Waals surface area contributed by atoms with Gasteiger partial charge in [0.25, 0.3) is 0 Å². The Hall–Kier alpha value is -0.660. The first-order valence-electron chi connectivity index (χ1n) is 6.38. The average Bonchev–Trinajstić information content (AvgIpc) is 2.29. The van der Waals surface area contributed by atoms with Crippen molar-refractivity contribution in [3.05, 3.63) is 0 Å². The molecule has 1 fully saturated rings. The van der Waals surface area contributed by atoms with Gasteiger partial charge in [0.1, 0.15) is 0 Å². The Bertz CT molecular complexity index is 361. The van der Waals surface area contributed by atoms with E-state index < -0.39 is 16.0 Å². The van der Waals surface area contributed by atoms with E-state index in [1.807, 2.05) is 0 Å². The lowest BCUT2D eigenvalue weighted by atomic mass is 9.86. The number of hydrogen-bond acceptors (Lipinski definition) is 4. The first-order chi connectivity index (χ1) is 8.44. The van der Waals surface area contributed by atoms with Gasteiger partial charge in [-0.25, -0.2) is 13.1 Å². The van der Waals surface area contributed by atoms with Crippen molar-refractivity contribution in [2.45, 2.75) is 38.6 Å². The molecule has 106 valence electrons. The molecule has 0 heterocycles. The second kappa shape index (κ2) is 7.06. The second-order valence-electron chi connectivity index (χ2n) is 4.66. The van der Waals surface area contributed by atoms with E-state index in [-0.39, 0.29) is 17.7 Å². The fourth-order valence-corrected chi connectivity index (χ4v) is 3.20. The largest absolute Gasteiger partial charge is 0.481 e. The molecule has 0 bridgehead atoms. The molecule has 7 heteroatoms. The van der Waals surface area contributed by atoms with Crippen LogP contribution in [0.25, 0.3) is 0 Å². The third-order valence-corrected chi connectivity index (χ3v) is 4.71. The second-order valence-corrected chi connectivity index (χ2v) is 6.58. The summed E-state index contributed by atoms with van der Waals surface area (Å²) in [6, 6.07) is 0.248. The number of nitrogens with one attached hydrogen (secondary N) is 2. The van der Waals surface area contributed by atoms with Gasteiger partial charge >= 0.3 is 5.97 Å². The van der Waals surface area contributed by atoms with Crippen LogP contribution in [-0.4, -0.2) is 44.4 Å². The van der Waals surface area contributed by atoms with Crippen LogP contribution in [0.3, 0.4) is 0 Å². The Kier molecular flexibility index (Phi) is 6.04. The summed E-state index contributed by atoms with van der Waals surface area (Å²) in [6.45, 7) is 2.57. The molecule has 1 rings (SSSR count). The quantitative estimate of drug-likeness (QED) is 0.616. The fraction of sp³-hybridized carbons (Fsp3) is 0.909. The zero-order valence-corrected chi connectivity index (χ0v) is 11.5. The molecule has 0 aromatic carbocycles. The lowest BCUT2D eigenvalue weighted by Gasteiger charge is -2.26. The van der Waals surface area contributed by atoms with Gasteiger partial charge in [-0.1, -0.05) is 6.92 Å². The number of carboxylic acid groups (broad SMARTS) is 1. The van der Waals surface area contributed by atoms with E-state index in [0.717, 1.165) is 12.8 Å². The Morgan fingerprint density at radius 3 is 2.39 bits per heavy atom. The maximum atomic E-state index is 11.4. The van der Waals surface area contributed by atoms with Crippen molar-refractivity contribution in [2.24, 2.45) is 5.92 Å². The van der Waals surface area contributed by atoms with Gasteiger partial charge < -0.3 is 10.4 Å². The predicted octanol–water partition coefficient (Wildman–Crippen LogP) is 0.159. The summed E-state index contributed by atoms with van der Waals surface area (Å²) < 4.78 is 25.2. The van der Waals surface area contributed by atoms with Crippen LogP contribution in [0.4, 0.5) is 0 Å². The maximum Gasteiger partial charge on any atom is 0.306 e. The SMILES string of the molecule is CCNS(=O)(=O)CCNC1CCC(C(=O)O)CC1. The van der Waals surface area contributed by atoms with Crippen molar-refractivity contribution in [3.63, 3.8) is 0 Å². The highest BCUT2D eigenvalue weighted by Crippen LogP contribution is 2.24. The minimum absolute atomic E-state index is 0.0691. The highest BCUT2D eigenvalue weighted by Gasteiger charge is 2.25. The van der Waals surface area contributed by atoms with Gasteiger partial charge in [-0.2, -0.15) is 0 Å². The summed E-state index contributed by atoms with van der Waals surface area (Å²) in [7, 11) is -3.16. The molecule has 6 nitrogen and oxygen atoms in total. The molecule has 0 atom stereocenters. The molecule has 1 aliphatic carbocycles. The van der Waals surface area contributed by atoms with Crippen LogP contribution in [0.2, 0.25) is 0 Å². The minimum Gasteiger partial charge on any atom is -0.481 e. The molecule has 3 N–H and O–H groups in total. The summed E-state index contributed by atoms with van der Waals surface area (Å²) in [5.41, 5.74) is 0. The topological polar surface area (TPSA) is 95.5 Å². The average molecular weight is 278 g/mol. The molecule has 0 radical (unpaired) electrons. The minimum atomic E-state index is -3.16. The zero-order valence-electron chi connectivity index (χ0n) is 10.7. The third kappa shape index (κ3) is 5.32. The number of carbonyl (C=O) groups is 1. The van der Waals surface area contributed by atoms with E-state index in [0.29, 0.717) is 25.9 Å². The van der Waals surface area contributed by atoms with Crippen LogP contribution in [0.15, 0.2) is 0 Å². The van der Waals surface area contributed by atoms with Gasteiger partial charge in [0.15, 0.2) is 0 Å². The van der Waals surface area contributed by atoms with Gasteiger partial charge in [-0.15, -0.1) is 0 Å². The Morgan fingerprint density at radius 2 is 1.89 bits per heavy atom. The highest BCUT2D eigenvalue weighted by molar-refractivity contribution is 7.89. The van der Waals surface area contributed by atoms with Crippen molar-refractivity contribution >= 4 is 16.0 Å². The van der Waals surface area contributed by atoms with Gasteiger partial charge in [-0.05, 0) is 25.7 Å². The number of aliphatic carboxylic acids is 1. The lowest BCUT2D eigenvalue weighted by molar-refractivity contribution is -0.142.